The van der Waals surface area contributed by atoms with Crippen LogP contribution in [0.2, 0.25) is 0 Å². The molecule has 0 radical (unpaired) electrons. The first kappa shape index (κ1) is 17.6. The number of alkyl halides is 6. The minimum Gasteiger partial charge on any atom is -0.396 e. The van der Waals surface area contributed by atoms with Gasteiger partial charge in [-0.25, -0.2) is 0 Å². The zero-order valence-electron chi connectivity index (χ0n) is 11.7. The smallest absolute Gasteiger partial charge is 0.396 e. The molecular formula is C13H10F6N4O. The fraction of sp³-hybridized carbons (Fsp3) is 0.231. The van der Waals surface area contributed by atoms with E-state index < -0.39 is 41.5 Å². The summed E-state index contributed by atoms with van der Waals surface area (Å²) < 4.78 is 77.8. The van der Waals surface area contributed by atoms with Crippen molar-refractivity contribution in [3.8, 4) is 0 Å². The molecular weight excluding hydrogens is 342 g/mol. The lowest BCUT2D eigenvalue weighted by Gasteiger charge is -2.16. The van der Waals surface area contributed by atoms with Crippen LogP contribution in [0.5, 0.6) is 0 Å². The molecule has 0 atom stereocenters. The van der Waals surface area contributed by atoms with Crippen LogP contribution in [0.15, 0.2) is 24.4 Å². The number of anilines is 1. The van der Waals surface area contributed by atoms with Gasteiger partial charge in [0.25, 0.3) is 5.91 Å². The van der Waals surface area contributed by atoms with E-state index in [1.807, 2.05) is 0 Å². The highest BCUT2D eigenvalue weighted by atomic mass is 19.4. The van der Waals surface area contributed by atoms with Gasteiger partial charge < -0.3 is 11.5 Å². The molecule has 2 aromatic rings. The first-order chi connectivity index (χ1) is 10.9. The van der Waals surface area contributed by atoms with Crippen molar-refractivity contribution >= 4 is 11.6 Å². The fourth-order valence-electron chi connectivity index (χ4n) is 2.04. The molecule has 1 amide bonds. The Morgan fingerprint density at radius 2 is 1.75 bits per heavy atom. The maximum Gasteiger partial charge on any atom is 0.416 e. The number of nitrogens with zero attached hydrogens (tertiary/aromatic N) is 2. The number of carbonyl (C=O) groups is 1. The summed E-state index contributed by atoms with van der Waals surface area (Å²) >= 11 is 0. The van der Waals surface area contributed by atoms with Gasteiger partial charge in [0.05, 0.1) is 23.4 Å². The van der Waals surface area contributed by atoms with Gasteiger partial charge >= 0.3 is 12.4 Å². The third-order valence-corrected chi connectivity index (χ3v) is 3.10. The Labute approximate surface area is 130 Å². The molecule has 5 nitrogen and oxygen atoms in total. The summed E-state index contributed by atoms with van der Waals surface area (Å²) in [7, 11) is 0. The number of nitrogen functional groups attached to an aromatic ring is 1. The SMILES string of the molecule is NC(=O)c1nn(Cc2ccc(C(F)(F)F)cc2C(F)(F)F)cc1N. The van der Waals surface area contributed by atoms with Crippen molar-refractivity contribution < 1.29 is 31.1 Å². The Morgan fingerprint density at radius 3 is 2.21 bits per heavy atom. The molecule has 1 heterocycles. The molecule has 0 aliphatic rings. The summed E-state index contributed by atoms with van der Waals surface area (Å²) in [5, 5.41) is 3.63. The number of amides is 1. The predicted molar refractivity (Wildman–Crippen MR) is 70.7 cm³/mol. The molecule has 0 saturated heterocycles. The van der Waals surface area contributed by atoms with E-state index in [0.717, 1.165) is 10.9 Å². The van der Waals surface area contributed by atoms with E-state index in [-0.39, 0.29) is 17.4 Å². The molecule has 0 unspecified atom stereocenters. The summed E-state index contributed by atoms with van der Waals surface area (Å²) in [5.41, 5.74) is 6.61. The highest BCUT2D eigenvalue weighted by Gasteiger charge is 2.38. The summed E-state index contributed by atoms with van der Waals surface area (Å²) in [6, 6.07) is 1.26. The van der Waals surface area contributed by atoms with Crippen molar-refractivity contribution in [2.75, 3.05) is 5.73 Å². The molecule has 1 aromatic carbocycles. The standard InChI is InChI=1S/C13H10F6N4O/c14-12(15,16)7-2-1-6(8(3-7)13(17,18)19)4-23-5-9(20)10(22-23)11(21)24/h1-3,5H,4,20H2,(H2,21,24). The highest BCUT2D eigenvalue weighted by Crippen LogP contribution is 2.37. The zero-order valence-corrected chi connectivity index (χ0v) is 11.7. The number of rotatable bonds is 3. The monoisotopic (exact) mass is 352 g/mol. The second-order valence-corrected chi connectivity index (χ2v) is 4.86. The minimum atomic E-state index is -5.00. The molecule has 0 fully saturated rings. The van der Waals surface area contributed by atoms with Crippen molar-refractivity contribution in [1.29, 1.82) is 0 Å². The van der Waals surface area contributed by atoms with Crippen LogP contribution in [-0.2, 0) is 18.9 Å². The lowest BCUT2D eigenvalue weighted by molar-refractivity contribution is -0.143. The van der Waals surface area contributed by atoms with Crippen LogP contribution < -0.4 is 11.5 Å². The van der Waals surface area contributed by atoms with Crippen LogP contribution >= 0.6 is 0 Å². The van der Waals surface area contributed by atoms with Crippen molar-refractivity contribution in [2.24, 2.45) is 5.73 Å². The third-order valence-electron chi connectivity index (χ3n) is 3.10. The summed E-state index contributed by atoms with van der Waals surface area (Å²) in [6.07, 6.45) is -8.84. The van der Waals surface area contributed by atoms with Crippen molar-refractivity contribution in [3.63, 3.8) is 0 Å². The zero-order chi connectivity index (χ0) is 18.3. The lowest BCUT2D eigenvalue weighted by Crippen LogP contribution is -2.16. The van der Waals surface area contributed by atoms with Crippen LogP contribution in [0.3, 0.4) is 0 Å². The van der Waals surface area contributed by atoms with E-state index in [2.05, 4.69) is 5.10 Å². The molecule has 0 aliphatic carbocycles. The molecule has 24 heavy (non-hydrogen) atoms. The van der Waals surface area contributed by atoms with E-state index in [1.165, 1.54) is 0 Å². The number of carbonyl (C=O) groups excluding carboxylic acids is 1. The Balaban J connectivity index is 2.47. The minimum absolute atomic E-state index is 0.0250. The van der Waals surface area contributed by atoms with E-state index >= 15 is 0 Å². The highest BCUT2D eigenvalue weighted by molar-refractivity contribution is 5.95. The average Bonchev–Trinajstić information content (AvgIpc) is 2.77. The number of hydrogen-bond donors (Lipinski definition) is 2. The van der Waals surface area contributed by atoms with Crippen LogP contribution in [-0.4, -0.2) is 15.7 Å². The fourth-order valence-corrected chi connectivity index (χ4v) is 2.04. The molecule has 0 aliphatic heterocycles. The summed E-state index contributed by atoms with van der Waals surface area (Å²) in [4.78, 5) is 11.0. The van der Waals surface area contributed by atoms with Gasteiger partial charge in [-0.3, -0.25) is 9.48 Å². The number of aromatic nitrogens is 2. The third kappa shape index (κ3) is 3.60. The summed E-state index contributed by atoms with van der Waals surface area (Å²) in [6.45, 7) is -0.537. The second kappa shape index (κ2) is 5.73. The maximum absolute atomic E-state index is 13.0. The topological polar surface area (TPSA) is 86.9 Å². The van der Waals surface area contributed by atoms with Gasteiger partial charge in [0.2, 0.25) is 0 Å². The number of primary amides is 1. The molecule has 0 saturated carbocycles. The summed E-state index contributed by atoms with van der Waals surface area (Å²) in [5.74, 6) is -0.977. The molecule has 11 heteroatoms. The van der Waals surface area contributed by atoms with Gasteiger partial charge in [-0.05, 0) is 17.7 Å². The van der Waals surface area contributed by atoms with Gasteiger partial charge in [0.1, 0.15) is 0 Å². The number of benzene rings is 1. The number of nitrogens with two attached hydrogens (primary N) is 2. The van der Waals surface area contributed by atoms with Crippen LogP contribution in [0, 0.1) is 0 Å². The van der Waals surface area contributed by atoms with Gasteiger partial charge in [0, 0.05) is 6.20 Å². The number of halogens is 6. The van der Waals surface area contributed by atoms with Gasteiger partial charge in [0.15, 0.2) is 5.69 Å². The molecule has 0 bridgehead atoms. The van der Waals surface area contributed by atoms with Crippen LogP contribution in [0.25, 0.3) is 0 Å². The van der Waals surface area contributed by atoms with Gasteiger partial charge in [-0.2, -0.15) is 31.4 Å². The Hall–Kier alpha value is -2.72. The molecule has 1 aromatic heterocycles. The van der Waals surface area contributed by atoms with Gasteiger partial charge in [-0.1, -0.05) is 6.07 Å². The predicted octanol–water partition coefficient (Wildman–Crippen LogP) is 2.65. The maximum atomic E-state index is 13.0. The quantitative estimate of drug-likeness (QED) is 0.833. The van der Waals surface area contributed by atoms with Crippen molar-refractivity contribution in [3.05, 3.63) is 46.8 Å². The van der Waals surface area contributed by atoms with Crippen LogP contribution in [0.4, 0.5) is 32.0 Å². The largest absolute Gasteiger partial charge is 0.416 e. The van der Waals surface area contributed by atoms with E-state index in [9.17, 15) is 31.1 Å². The molecule has 2 rings (SSSR count). The van der Waals surface area contributed by atoms with E-state index in [4.69, 9.17) is 11.5 Å². The van der Waals surface area contributed by atoms with E-state index in [1.54, 1.807) is 0 Å². The second-order valence-electron chi connectivity index (χ2n) is 4.86. The normalized spacial score (nSPS) is 12.4. The lowest BCUT2D eigenvalue weighted by atomic mass is 10.0. The Morgan fingerprint density at radius 1 is 1.12 bits per heavy atom. The van der Waals surface area contributed by atoms with Crippen molar-refractivity contribution in [1.82, 2.24) is 9.78 Å². The average molecular weight is 352 g/mol. The van der Waals surface area contributed by atoms with Crippen LogP contribution in [0.1, 0.15) is 27.2 Å². The van der Waals surface area contributed by atoms with Gasteiger partial charge in [-0.15, -0.1) is 0 Å². The Bertz CT molecular complexity index is 778. The van der Waals surface area contributed by atoms with E-state index in [0.29, 0.717) is 12.1 Å². The molecule has 130 valence electrons. The number of hydrogen-bond acceptors (Lipinski definition) is 3. The molecule has 4 N–H and O–H groups in total. The Kier molecular flexibility index (Phi) is 4.21. The first-order valence-corrected chi connectivity index (χ1v) is 6.29. The molecule has 0 spiro atoms. The van der Waals surface area contributed by atoms with Crippen molar-refractivity contribution in [2.45, 2.75) is 18.9 Å². The first-order valence-electron chi connectivity index (χ1n) is 6.29.